The Bertz CT molecular complexity index is 211. The fourth-order valence-electron chi connectivity index (χ4n) is 2.07. The Labute approximate surface area is 92.7 Å². The predicted octanol–water partition coefficient (Wildman–Crippen LogP) is 1.05. The van der Waals surface area contributed by atoms with Crippen LogP contribution in [0, 0.1) is 5.92 Å². The standard InChI is InChI=1S/C10H18F3NO2/c11-10(12,13)9(16)5-14-8-4-2-1-3-7(8)6-15/h7-9,14-16H,1-6H2. The van der Waals surface area contributed by atoms with Gasteiger partial charge < -0.3 is 15.5 Å². The molecule has 0 saturated heterocycles. The molecule has 96 valence electrons. The molecule has 1 saturated carbocycles. The number of hydrogen-bond acceptors (Lipinski definition) is 3. The van der Waals surface area contributed by atoms with Crippen molar-refractivity contribution in [3.05, 3.63) is 0 Å². The molecular formula is C10H18F3NO2. The predicted molar refractivity (Wildman–Crippen MR) is 52.9 cm³/mol. The van der Waals surface area contributed by atoms with Crippen LogP contribution >= 0.6 is 0 Å². The molecule has 1 aliphatic rings. The molecule has 1 rings (SSSR count). The fourth-order valence-corrected chi connectivity index (χ4v) is 2.07. The summed E-state index contributed by atoms with van der Waals surface area (Å²) >= 11 is 0. The highest BCUT2D eigenvalue weighted by Gasteiger charge is 2.38. The molecule has 0 aromatic heterocycles. The molecule has 1 fully saturated rings. The van der Waals surface area contributed by atoms with E-state index >= 15 is 0 Å². The van der Waals surface area contributed by atoms with E-state index in [1.807, 2.05) is 0 Å². The second-order valence-electron chi connectivity index (χ2n) is 4.30. The third kappa shape index (κ3) is 3.92. The molecule has 0 aliphatic heterocycles. The maximum Gasteiger partial charge on any atom is 0.415 e. The summed E-state index contributed by atoms with van der Waals surface area (Å²) in [4.78, 5) is 0. The Hall–Kier alpha value is -0.330. The van der Waals surface area contributed by atoms with E-state index in [0.717, 1.165) is 25.7 Å². The number of nitrogens with one attached hydrogen (secondary N) is 1. The highest BCUT2D eigenvalue weighted by atomic mass is 19.4. The molecule has 3 N–H and O–H groups in total. The molecule has 3 unspecified atom stereocenters. The summed E-state index contributed by atoms with van der Waals surface area (Å²) in [6.07, 6.45) is -3.35. The van der Waals surface area contributed by atoms with Crippen LogP contribution in [0.4, 0.5) is 13.2 Å². The Morgan fingerprint density at radius 1 is 1.25 bits per heavy atom. The van der Waals surface area contributed by atoms with Gasteiger partial charge in [0.25, 0.3) is 0 Å². The first-order valence-corrected chi connectivity index (χ1v) is 5.54. The molecule has 1 aliphatic carbocycles. The smallest absolute Gasteiger partial charge is 0.396 e. The maximum absolute atomic E-state index is 12.0. The molecule has 0 radical (unpaired) electrons. The summed E-state index contributed by atoms with van der Waals surface area (Å²) in [5.41, 5.74) is 0. The van der Waals surface area contributed by atoms with Crippen LogP contribution < -0.4 is 5.32 Å². The summed E-state index contributed by atoms with van der Waals surface area (Å²) in [5.74, 6) is 0.00850. The number of aliphatic hydroxyl groups excluding tert-OH is 2. The van der Waals surface area contributed by atoms with Crippen LogP contribution in [0.5, 0.6) is 0 Å². The van der Waals surface area contributed by atoms with Gasteiger partial charge in [0, 0.05) is 19.2 Å². The highest BCUT2D eigenvalue weighted by Crippen LogP contribution is 2.25. The van der Waals surface area contributed by atoms with Gasteiger partial charge in [-0.1, -0.05) is 12.8 Å². The van der Waals surface area contributed by atoms with Crippen molar-refractivity contribution >= 4 is 0 Å². The van der Waals surface area contributed by atoms with Gasteiger partial charge in [-0.15, -0.1) is 0 Å². The van der Waals surface area contributed by atoms with Gasteiger partial charge in [-0.2, -0.15) is 13.2 Å². The van der Waals surface area contributed by atoms with E-state index in [0.29, 0.717) is 0 Å². The molecule has 0 heterocycles. The van der Waals surface area contributed by atoms with Crippen molar-refractivity contribution in [1.82, 2.24) is 5.32 Å². The molecule has 0 amide bonds. The summed E-state index contributed by atoms with van der Waals surface area (Å²) in [7, 11) is 0. The summed E-state index contributed by atoms with van der Waals surface area (Å²) in [6, 6.07) is -0.115. The number of rotatable bonds is 4. The highest BCUT2D eigenvalue weighted by molar-refractivity contribution is 4.82. The lowest BCUT2D eigenvalue weighted by molar-refractivity contribution is -0.202. The van der Waals surface area contributed by atoms with Crippen LogP contribution in [0.2, 0.25) is 0 Å². The van der Waals surface area contributed by atoms with E-state index in [-0.39, 0.29) is 18.6 Å². The molecule has 3 nitrogen and oxygen atoms in total. The zero-order chi connectivity index (χ0) is 12.2. The minimum atomic E-state index is -4.57. The second kappa shape index (κ2) is 5.84. The molecule has 0 spiro atoms. The van der Waals surface area contributed by atoms with Crippen LogP contribution in [-0.4, -0.2) is 41.7 Å². The topological polar surface area (TPSA) is 52.5 Å². The number of halogens is 3. The average Bonchev–Trinajstić information content (AvgIpc) is 2.24. The quantitative estimate of drug-likeness (QED) is 0.689. The van der Waals surface area contributed by atoms with E-state index in [1.165, 1.54) is 0 Å². The molecule has 6 heteroatoms. The van der Waals surface area contributed by atoms with Crippen LogP contribution in [-0.2, 0) is 0 Å². The minimum absolute atomic E-state index is 0.00850. The lowest BCUT2D eigenvalue weighted by atomic mass is 9.85. The van der Waals surface area contributed by atoms with Crippen LogP contribution in [0.3, 0.4) is 0 Å². The summed E-state index contributed by atoms with van der Waals surface area (Å²) in [6.45, 7) is -0.509. The number of aliphatic hydroxyl groups is 2. The zero-order valence-electron chi connectivity index (χ0n) is 9.00. The van der Waals surface area contributed by atoms with Crippen LogP contribution in [0.25, 0.3) is 0 Å². The van der Waals surface area contributed by atoms with Crippen molar-refractivity contribution in [2.24, 2.45) is 5.92 Å². The van der Waals surface area contributed by atoms with E-state index in [1.54, 1.807) is 0 Å². The lowest BCUT2D eigenvalue weighted by Crippen LogP contribution is -2.46. The van der Waals surface area contributed by atoms with Gasteiger partial charge in [0.1, 0.15) is 0 Å². The number of hydrogen-bond donors (Lipinski definition) is 3. The van der Waals surface area contributed by atoms with Crippen molar-refractivity contribution in [2.45, 2.75) is 44.0 Å². The second-order valence-corrected chi connectivity index (χ2v) is 4.30. The van der Waals surface area contributed by atoms with Crippen molar-refractivity contribution in [1.29, 1.82) is 0 Å². The Morgan fingerprint density at radius 3 is 2.44 bits per heavy atom. The zero-order valence-corrected chi connectivity index (χ0v) is 9.00. The Balaban J connectivity index is 2.35. The first kappa shape index (κ1) is 13.7. The van der Waals surface area contributed by atoms with Crippen molar-refractivity contribution in [3.8, 4) is 0 Å². The first-order valence-electron chi connectivity index (χ1n) is 5.54. The molecule has 3 atom stereocenters. The van der Waals surface area contributed by atoms with Gasteiger partial charge in [-0.3, -0.25) is 0 Å². The normalized spacial score (nSPS) is 29.1. The van der Waals surface area contributed by atoms with E-state index in [9.17, 15) is 13.2 Å². The minimum Gasteiger partial charge on any atom is -0.396 e. The first-order chi connectivity index (χ1) is 7.45. The third-order valence-corrected chi connectivity index (χ3v) is 3.09. The lowest BCUT2D eigenvalue weighted by Gasteiger charge is -2.31. The monoisotopic (exact) mass is 241 g/mol. The molecule has 0 bridgehead atoms. The average molecular weight is 241 g/mol. The fraction of sp³-hybridized carbons (Fsp3) is 1.00. The largest absolute Gasteiger partial charge is 0.415 e. The molecule has 0 aromatic carbocycles. The van der Waals surface area contributed by atoms with Crippen molar-refractivity contribution in [3.63, 3.8) is 0 Å². The van der Waals surface area contributed by atoms with Crippen molar-refractivity contribution < 1.29 is 23.4 Å². The third-order valence-electron chi connectivity index (χ3n) is 3.09. The van der Waals surface area contributed by atoms with Gasteiger partial charge in [0.2, 0.25) is 0 Å². The summed E-state index contributed by atoms with van der Waals surface area (Å²) in [5, 5.41) is 20.6. The van der Waals surface area contributed by atoms with Crippen molar-refractivity contribution in [2.75, 3.05) is 13.2 Å². The maximum atomic E-state index is 12.0. The number of alkyl halides is 3. The van der Waals surface area contributed by atoms with E-state index in [4.69, 9.17) is 10.2 Å². The van der Waals surface area contributed by atoms with E-state index < -0.39 is 18.8 Å². The SMILES string of the molecule is OCC1CCCCC1NCC(O)C(F)(F)F. The molecular weight excluding hydrogens is 223 g/mol. The van der Waals surface area contributed by atoms with Gasteiger partial charge in [-0.05, 0) is 18.8 Å². The summed E-state index contributed by atoms with van der Waals surface area (Å²) < 4.78 is 36.1. The van der Waals surface area contributed by atoms with Gasteiger partial charge in [0.05, 0.1) is 0 Å². The van der Waals surface area contributed by atoms with Gasteiger partial charge in [-0.25, -0.2) is 0 Å². The molecule has 16 heavy (non-hydrogen) atoms. The Morgan fingerprint density at radius 2 is 1.88 bits per heavy atom. The van der Waals surface area contributed by atoms with E-state index in [2.05, 4.69) is 5.32 Å². The Kier molecular flexibility index (Phi) is 5.01. The van der Waals surface area contributed by atoms with Gasteiger partial charge >= 0.3 is 6.18 Å². The molecule has 0 aromatic rings. The van der Waals surface area contributed by atoms with Gasteiger partial charge in [0.15, 0.2) is 6.10 Å². The van der Waals surface area contributed by atoms with Crippen LogP contribution in [0.1, 0.15) is 25.7 Å². The van der Waals surface area contributed by atoms with Crippen LogP contribution in [0.15, 0.2) is 0 Å².